The van der Waals surface area contributed by atoms with Crippen LogP contribution in [0.5, 0.6) is 0 Å². The largest absolute Gasteiger partial charge is 0.394 e. The molecule has 1 aromatic rings. The van der Waals surface area contributed by atoms with Gasteiger partial charge in [0, 0.05) is 11.8 Å². The quantitative estimate of drug-likeness (QED) is 0.506. The molecule has 1 aliphatic rings. The van der Waals surface area contributed by atoms with E-state index in [0.717, 1.165) is 0 Å². The third kappa shape index (κ3) is 2.13. The van der Waals surface area contributed by atoms with Crippen molar-refractivity contribution in [2.45, 2.75) is 31.5 Å². The standard InChI is InChI=1S/C10H14N2O5S/c1-4-2-12(10(18)11-8(4)16)9-7(15)6(14)5(3-13)17-9/h2,5-7,9,13-15H,3H2,1H3,(H,11,16,18)/t5-,6+,7-,9-/m0/s1. The maximum atomic E-state index is 11.3. The number of nitrogens with zero attached hydrogens (tertiary/aromatic N) is 1. The summed E-state index contributed by atoms with van der Waals surface area (Å²) in [6.45, 7) is 1.18. The lowest BCUT2D eigenvalue weighted by atomic mass is 10.1. The summed E-state index contributed by atoms with van der Waals surface area (Å²) in [5.74, 6) is 0. The Morgan fingerprint density at radius 2 is 2.17 bits per heavy atom. The number of H-pyrrole nitrogens is 1. The van der Waals surface area contributed by atoms with Crippen molar-refractivity contribution in [2.24, 2.45) is 0 Å². The molecular formula is C10H14N2O5S. The highest BCUT2D eigenvalue weighted by atomic mass is 32.1. The van der Waals surface area contributed by atoms with Crippen LogP contribution in [0.2, 0.25) is 0 Å². The Balaban J connectivity index is 2.42. The lowest BCUT2D eigenvalue weighted by molar-refractivity contribution is -0.0542. The van der Waals surface area contributed by atoms with Crippen molar-refractivity contribution >= 4 is 12.2 Å². The number of aliphatic hydroxyl groups excluding tert-OH is 3. The molecule has 4 atom stereocenters. The van der Waals surface area contributed by atoms with Gasteiger partial charge in [-0.15, -0.1) is 0 Å². The van der Waals surface area contributed by atoms with Crippen LogP contribution in [-0.4, -0.2) is 49.8 Å². The SMILES string of the molecule is Cc1cn([C@H]2O[C@@H](CO)[C@@H](O)[C@@H]2O)c(=S)[nH]c1=O. The van der Waals surface area contributed by atoms with Crippen LogP contribution in [0.3, 0.4) is 0 Å². The molecule has 0 bridgehead atoms. The molecule has 7 nitrogen and oxygen atoms in total. The van der Waals surface area contributed by atoms with E-state index in [4.69, 9.17) is 22.1 Å². The van der Waals surface area contributed by atoms with Crippen molar-refractivity contribution in [2.75, 3.05) is 6.61 Å². The molecule has 4 N–H and O–H groups in total. The highest BCUT2D eigenvalue weighted by Gasteiger charge is 2.43. The first-order valence-corrected chi connectivity index (χ1v) is 5.81. The molecular weight excluding hydrogens is 260 g/mol. The van der Waals surface area contributed by atoms with Gasteiger partial charge in [-0.05, 0) is 19.1 Å². The van der Waals surface area contributed by atoms with Crippen molar-refractivity contribution in [3.8, 4) is 0 Å². The molecule has 0 unspecified atom stereocenters. The molecule has 100 valence electrons. The molecule has 1 aromatic heterocycles. The van der Waals surface area contributed by atoms with Crippen LogP contribution >= 0.6 is 12.2 Å². The van der Waals surface area contributed by atoms with E-state index in [1.54, 1.807) is 6.92 Å². The molecule has 2 heterocycles. The molecule has 1 aliphatic heterocycles. The summed E-state index contributed by atoms with van der Waals surface area (Å²) >= 11 is 4.97. The third-order valence-corrected chi connectivity index (χ3v) is 3.25. The number of aromatic amines is 1. The predicted octanol–water partition coefficient (Wildman–Crippen LogP) is -1.17. The average Bonchev–Trinajstić information content (AvgIpc) is 2.61. The fourth-order valence-electron chi connectivity index (χ4n) is 1.88. The number of hydrogen-bond acceptors (Lipinski definition) is 6. The maximum absolute atomic E-state index is 11.3. The number of ether oxygens (including phenoxy) is 1. The second-order valence-electron chi connectivity index (χ2n) is 4.21. The van der Waals surface area contributed by atoms with Gasteiger partial charge in [0.25, 0.3) is 5.56 Å². The van der Waals surface area contributed by atoms with E-state index in [2.05, 4.69) is 4.98 Å². The number of aliphatic hydroxyl groups is 3. The first-order valence-electron chi connectivity index (χ1n) is 5.40. The topological polar surface area (TPSA) is 108 Å². The van der Waals surface area contributed by atoms with Gasteiger partial charge in [-0.25, -0.2) is 0 Å². The number of aryl methyl sites for hydroxylation is 1. The van der Waals surface area contributed by atoms with E-state index in [-0.39, 0.29) is 10.3 Å². The fourth-order valence-corrected chi connectivity index (χ4v) is 2.13. The van der Waals surface area contributed by atoms with Crippen LogP contribution < -0.4 is 5.56 Å². The zero-order chi connectivity index (χ0) is 13.4. The van der Waals surface area contributed by atoms with E-state index in [1.807, 2.05) is 0 Å². The third-order valence-electron chi connectivity index (χ3n) is 2.94. The van der Waals surface area contributed by atoms with Gasteiger partial charge in [0.05, 0.1) is 6.61 Å². The zero-order valence-electron chi connectivity index (χ0n) is 9.61. The van der Waals surface area contributed by atoms with Gasteiger partial charge >= 0.3 is 0 Å². The Labute approximate surface area is 107 Å². The first kappa shape index (κ1) is 13.4. The number of aromatic nitrogens is 2. The second-order valence-corrected chi connectivity index (χ2v) is 4.59. The van der Waals surface area contributed by atoms with Crippen molar-refractivity contribution in [1.29, 1.82) is 0 Å². The number of hydrogen-bond donors (Lipinski definition) is 4. The summed E-state index contributed by atoms with van der Waals surface area (Å²) < 4.78 is 6.76. The molecule has 2 rings (SSSR count). The van der Waals surface area contributed by atoms with Crippen molar-refractivity contribution in [3.63, 3.8) is 0 Å². The smallest absolute Gasteiger partial charge is 0.254 e. The highest BCUT2D eigenvalue weighted by molar-refractivity contribution is 7.71. The Morgan fingerprint density at radius 3 is 2.72 bits per heavy atom. The molecule has 0 aromatic carbocycles. The van der Waals surface area contributed by atoms with Gasteiger partial charge in [0.2, 0.25) is 0 Å². The Morgan fingerprint density at radius 1 is 1.50 bits per heavy atom. The molecule has 0 amide bonds. The van der Waals surface area contributed by atoms with Gasteiger partial charge in [0.15, 0.2) is 11.0 Å². The highest BCUT2D eigenvalue weighted by Crippen LogP contribution is 2.29. The molecule has 8 heteroatoms. The van der Waals surface area contributed by atoms with Crippen molar-refractivity contribution in [1.82, 2.24) is 9.55 Å². The first-order chi connectivity index (χ1) is 8.45. The van der Waals surface area contributed by atoms with Crippen molar-refractivity contribution < 1.29 is 20.1 Å². The zero-order valence-corrected chi connectivity index (χ0v) is 10.4. The van der Waals surface area contributed by atoms with Crippen LogP contribution in [0.4, 0.5) is 0 Å². The van der Waals surface area contributed by atoms with Gasteiger partial charge in [0.1, 0.15) is 18.3 Å². The van der Waals surface area contributed by atoms with Gasteiger partial charge in [-0.1, -0.05) is 0 Å². The molecule has 1 fully saturated rings. The van der Waals surface area contributed by atoms with Crippen LogP contribution in [0.1, 0.15) is 11.8 Å². The summed E-state index contributed by atoms with van der Waals surface area (Å²) in [4.78, 5) is 13.8. The molecule has 0 saturated carbocycles. The molecule has 18 heavy (non-hydrogen) atoms. The Hall–Kier alpha value is -1.06. The van der Waals surface area contributed by atoms with Gasteiger partial charge < -0.3 is 20.1 Å². The van der Waals surface area contributed by atoms with Crippen LogP contribution in [-0.2, 0) is 4.74 Å². The van der Waals surface area contributed by atoms with E-state index in [9.17, 15) is 15.0 Å². The summed E-state index contributed by atoms with van der Waals surface area (Å²) in [6.07, 6.45) is -2.78. The summed E-state index contributed by atoms with van der Waals surface area (Å²) in [5, 5.41) is 28.5. The lowest BCUT2D eigenvalue weighted by Crippen LogP contribution is -2.33. The minimum atomic E-state index is -1.22. The summed E-state index contributed by atoms with van der Waals surface area (Å²) in [5.41, 5.74) is 0.0873. The number of nitrogens with one attached hydrogen (secondary N) is 1. The van der Waals surface area contributed by atoms with E-state index in [0.29, 0.717) is 5.56 Å². The molecule has 1 saturated heterocycles. The van der Waals surface area contributed by atoms with E-state index < -0.39 is 31.1 Å². The maximum Gasteiger partial charge on any atom is 0.254 e. The minimum absolute atomic E-state index is 0.0837. The number of rotatable bonds is 2. The van der Waals surface area contributed by atoms with E-state index in [1.165, 1.54) is 10.8 Å². The molecule has 0 spiro atoms. The molecule has 0 radical (unpaired) electrons. The summed E-state index contributed by atoms with van der Waals surface area (Å²) in [6, 6.07) is 0. The van der Waals surface area contributed by atoms with E-state index >= 15 is 0 Å². The van der Waals surface area contributed by atoms with Gasteiger partial charge in [-0.3, -0.25) is 14.3 Å². The van der Waals surface area contributed by atoms with Crippen LogP contribution in [0.15, 0.2) is 11.0 Å². The van der Waals surface area contributed by atoms with Crippen molar-refractivity contribution in [3.05, 3.63) is 26.9 Å². The second kappa shape index (κ2) is 4.90. The Bertz CT molecular complexity index is 554. The predicted molar refractivity (Wildman–Crippen MR) is 63.6 cm³/mol. The fraction of sp³-hybridized carbons (Fsp3) is 0.600. The lowest BCUT2D eigenvalue weighted by Gasteiger charge is -2.18. The summed E-state index contributed by atoms with van der Waals surface area (Å²) in [7, 11) is 0. The monoisotopic (exact) mass is 274 g/mol. The normalized spacial score (nSPS) is 31.8. The average molecular weight is 274 g/mol. The van der Waals surface area contributed by atoms with Crippen LogP contribution in [0.25, 0.3) is 0 Å². The Kier molecular flexibility index (Phi) is 3.64. The minimum Gasteiger partial charge on any atom is -0.394 e. The van der Waals surface area contributed by atoms with Gasteiger partial charge in [-0.2, -0.15) is 0 Å². The molecule has 0 aliphatic carbocycles. The van der Waals surface area contributed by atoms with Crippen LogP contribution in [0, 0.1) is 11.7 Å².